The Morgan fingerprint density at radius 2 is 2.14 bits per heavy atom. The third kappa shape index (κ3) is 4.83. The molecule has 2 heterocycles. The summed E-state index contributed by atoms with van der Waals surface area (Å²) in [7, 11) is 3.49. The molecule has 0 saturated carbocycles. The lowest BCUT2D eigenvalue weighted by molar-refractivity contribution is -0.121. The van der Waals surface area contributed by atoms with Gasteiger partial charge >= 0.3 is 0 Å². The first-order valence-corrected chi connectivity index (χ1v) is 9.14. The Labute approximate surface area is 163 Å². The minimum Gasteiger partial charge on any atom is -0.489 e. The van der Waals surface area contributed by atoms with E-state index in [0.717, 1.165) is 5.69 Å². The number of benzene rings is 1. The van der Waals surface area contributed by atoms with Crippen LogP contribution in [-0.2, 0) is 16.1 Å². The van der Waals surface area contributed by atoms with Gasteiger partial charge in [-0.2, -0.15) is 0 Å². The molecule has 1 atom stereocenters. The topological polar surface area (TPSA) is 93.0 Å². The lowest BCUT2D eigenvalue weighted by Gasteiger charge is -2.35. The number of hydrogen-bond acceptors (Lipinski definition) is 6. The number of amides is 2. The van der Waals surface area contributed by atoms with E-state index in [0.29, 0.717) is 43.4 Å². The molecule has 1 aromatic heterocycles. The second-order valence-corrected chi connectivity index (χ2v) is 6.57. The number of carbonyl (C=O) groups excluding carboxylic acids is 2. The lowest BCUT2D eigenvalue weighted by Crippen LogP contribution is -2.43. The molecule has 0 saturated heterocycles. The molecule has 1 aromatic carbocycles. The van der Waals surface area contributed by atoms with Gasteiger partial charge in [-0.05, 0) is 30.3 Å². The van der Waals surface area contributed by atoms with Gasteiger partial charge in [0.05, 0.1) is 37.6 Å². The number of ether oxygens (including phenoxy) is 2. The first-order valence-electron chi connectivity index (χ1n) is 9.14. The van der Waals surface area contributed by atoms with Gasteiger partial charge in [0.1, 0.15) is 18.1 Å². The maximum Gasteiger partial charge on any atom is 0.251 e. The van der Waals surface area contributed by atoms with E-state index < -0.39 is 0 Å². The Bertz CT molecular complexity index is 806. The standard InChI is InChI=1S/C20H25N3O5/c1-23-15(11-19(24)22-12-16-4-3-8-27-16)13-28-18-6-5-14(10-17(18)23)20(25)21-7-9-26-2/h3-6,8,10,15H,7,9,11-13H2,1-2H3,(H,21,25)(H,22,24). The molecule has 0 fully saturated rings. The van der Waals surface area contributed by atoms with Gasteiger partial charge in [-0.1, -0.05) is 0 Å². The molecule has 0 spiro atoms. The van der Waals surface area contributed by atoms with Gasteiger partial charge < -0.3 is 29.4 Å². The maximum absolute atomic E-state index is 12.3. The van der Waals surface area contributed by atoms with E-state index in [1.54, 1.807) is 37.6 Å². The molecule has 28 heavy (non-hydrogen) atoms. The number of anilines is 1. The van der Waals surface area contributed by atoms with Crippen molar-refractivity contribution in [1.29, 1.82) is 0 Å². The number of methoxy groups -OCH3 is 1. The number of carbonyl (C=O) groups is 2. The van der Waals surface area contributed by atoms with Gasteiger partial charge in [0.15, 0.2) is 0 Å². The van der Waals surface area contributed by atoms with E-state index in [1.165, 1.54) is 0 Å². The molecule has 3 rings (SSSR count). The minimum atomic E-state index is -0.174. The van der Waals surface area contributed by atoms with Crippen LogP contribution in [0, 0.1) is 0 Å². The molecule has 0 radical (unpaired) electrons. The molecule has 2 N–H and O–H groups in total. The number of likely N-dealkylation sites (N-methyl/N-ethyl adjacent to an activating group) is 1. The molecule has 1 unspecified atom stereocenters. The van der Waals surface area contributed by atoms with Crippen molar-refractivity contribution in [2.24, 2.45) is 0 Å². The lowest BCUT2D eigenvalue weighted by atomic mass is 10.1. The summed E-state index contributed by atoms with van der Waals surface area (Å²) >= 11 is 0. The van der Waals surface area contributed by atoms with E-state index in [-0.39, 0.29) is 24.3 Å². The molecule has 2 aromatic rings. The van der Waals surface area contributed by atoms with Gasteiger partial charge in [0.2, 0.25) is 5.91 Å². The van der Waals surface area contributed by atoms with Crippen molar-refractivity contribution in [3.63, 3.8) is 0 Å². The highest BCUT2D eigenvalue weighted by atomic mass is 16.5. The summed E-state index contributed by atoms with van der Waals surface area (Å²) in [5.74, 6) is 1.14. The zero-order valence-electron chi connectivity index (χ0n) is 16.1. The molecule has 150 valence electrons. The molecule has 0 aliphatic carbocycles. The predicted molar refractivity (Wildman–Crippen MR) is 104 cm³/mol. The van der Waals surface area contributed by atoms with Crippen LogP contribution >= 0.6 is 0 Å². The van der Waals surface area contributed by atoms with Crippen molar-refractivity contribution >= 4 is 17.5 Å². The van der Waals surface area contributed by atoms with Gasteiger partial charge in [-0.25, -0.2) is 0 Å². The average Bonchev–Trinajstić information content (AvgIpc) is 3.22. The second kappa shape index (κ2) is 9.27. The van der Waals surface area contributed by atoms with Crippen molar-refractivity contribution in [3.8, 4) is 5.75 Å². The van der Waals surface area contributed by atoms with Crippen LogP contribution in [0.25, 0.3) is 0 Å². The van der Waals surface area contributed by atoms with Gasteiger partial charge in [0.25, 0.3) is 5.91 Å². The minimum absolute atomic E-state index is 0.0891. The normalized spacial score (nSPS) is 15.5. The summed E-state index contributed by atoms with van der Waals surface area (Å²) in [6, 6.07) is 8.76. The molecule has 2 amide bonds. The average molecular weight is 387 g/mol. The zero-order valence-corrected chi connectivity index (χ0v) is 16.1. The predicted octanol–water partition coefficient (Wildman–Crippen LogP) is 1.56. The number of hydrogen-bond donors (Lipinski definition) is 2. The van der Waals surface area contributed by atoms with Crippen molar-refractivity contribution in [2.75, 3.05) is 38.8 Å². The molecular weight excluding hydrogens is 362 g/mol. The quantitative estimate of drug-likeness (QED) is 0.668. The van der Waals surface area contributed by atoms with E-state index in [9.17, 15) is 9.59 Å². The largest absolute Gasteiger partial charge is 0.489 e. The molecule has 1 aliphatic heterocycles. The van der Waals surface area contributed by atoms with Crippen molar-refractivity contribution in [1.82, 2.24) is 10.6 Å². The van der Waals surface area contributed by atoms with Crippen LogP contribution in [0.1, 0.15) is 22.5 Å². The van der Waals surface area contributed by atoms with Crippen LogP contribution in [0.4, 0.5) is 5.69 Å². The van der Waals surface area contributed by atoms with E-state index >= 15 is 0 Å². The summed E-state index contributed by atoms with van der Waals surface area (Å²) in [5.41, 5.74) is 1.32. The first-order chi connectivity index (χ1) is 13.6. The Morgan fingerprint density at radius 1 is 1.29 bits per heavy atom. The van der Waals surface area contributed by atoms with Crippen LogP contribution < -0.4 is 20.3 Å². The van der Waals surface area contributed by atoms with E-state index in [4.69, 9.17) is 13.9 Å². The van der Waals surface area contributed by atoms with Crippen LogP contribution in [-0.4, -0.2) is 51.8 Å². The Balaban J connectivity index is 1.60. The van der Waals surface area contributed by atoms with E-state index in [1.807, 2.05) is 18.0 Å². The van der Waals surface area contributed by atoms with Crippen LogP contribution in [0.3, 0.4) is 0 Å². The monoisotopic (exact) mass is 387 g/mol. The number of fused-ring (bicyclic) bond motifs is 1. The van der Waals surface area contributed by atoms with Crippen LogP contribution in [0.15, 0.2) is 41.0 Å². The number of nitrogens with zero attached hydrogens (tertiary/aromatic N) is 1. The molecule has 0 bridgehead atoms. The highest BCUT2D eigenvalue weighted by Crippen LogP contribution is 2.34. The molecule has 8 nitrogen and oxygen atoms in total. The highest BCUT2D eigenvalue weighted by molar-refractivity contribution is 5.95. The summed E-state index contributed by atoms with van der Waals surface area (Å²) in [6.45, 7) is 1.65. The highest BCUT2D eigenvalue weighted by Gasteiger charge is 2.27. The third-order valence-electron chi connectivity index (χ3n) is 4.63. The van der Waals surface area contributed by atoms with Crippen LogP contribution in [0.5, 0.6) is 5.75 Å². The Hall–Kier alpha value is -3.00. The summed E-state index contributed by atoms with van der Waals surface area (Å²) < 4.78 is 16.0. The maximum atomic E-state index is 12.3. The first kappa shape index (κ1) is 19.8. The van der Waals surface area contributed by atoms with Crippen molar-refractivity contribution < 1.29 is 23.5 Å². The van der Waals surface area contributed by atoms with Crippen molar-refractivity contribution in [2.45, 2.75) is 19.0 Å². The van der Waals surface area contributed by atoms with Gasteiger partial charge in [-0.15, -0.1) is 0 Å². The molecular formula is C20H25N3O5. The van der Waals surface area contributed by atoms with Gasteiger partial charge in [-0.3, -0.25) is 9.59 Å². The zero-order chi connectivity index (χ0) is 19.9. The summed E-state index contributed by atoms with van der Waals surface area (Å²) in [4.78, 5) is 26.5. The number of furan rings is 1. The molecule has 1 aliphatic rings. The molecule has 8 heteroatoms. The SMILES string of the molecule is COCCNC(=O)c1ccc2c(c1)N(C)C(CC(=O)NCc1ccco1)CO2. The van der Waals surface area contributed by atoms with Crippen LogP contribution in [0.2, 0.25) is 0 Å². The number of rotatable bonds is 8. The fourth-order valence-corrected chi connectivity index (χ4v) is 3.00. The summed E-state index contributed by atoms with van der Waals surface area (Å²) in [5, 5.41) is 5.64. The smallest absolute Gasteiger partial charge is 0.251 e. The number of nitrogens with one attached hydrogen (secondary N) is 2. The van der Waals surface area contributed by atoms with Gasteiger partial charge in [0, 0.05) is 26.3 Å². The Morgan fingerprint density at radius 3 is 2.89 bits per heavy atom. The third-order valence-corrected chi connectivity index (χ3v) is 4.63. The van der Waals surface area contributed by atoms with E-state index in [2.05, 4.69) is 10.6 Å². The Kier molecular flexibility index (Phi) is 6.54. The fourth-order valence-electron chi connectivity index (χ4n) is 3.00. The second-order valence-electron chi connectivity index (χ2n) is 6.57. The van der Waals surface area contributed by atoms with Crippen molar-refractivity contribution in [3.05, 3.63) is 47.9 Å². The summed E-state index contributed by atoms with van der Waals surface area (Å²) in [6.07, 6.45) is 1.85. The fraction of sp³-hybridized carbons (Fsp3) is 0.400.